The fraction of sp³-hybridized carbons (Fsp3) is 0.188. The standard InChI is InChI=1S/C16H15N3/c1-2-5-12-9-18-16(19-10-12)14-8-13-6-3-4-7-15(13)17-11-14/h3-4,6-11H,2,5H2,1H3. The zero-order chi connectivity index (χ0) is 13.1. The van der Waals surface area contributed by atoms with Gasteiger partial charge in [0.15, 0.2) is 5.82 Å². The van der Waals surface area contributed by atoms with Gasteiger partial charge < -0.3 is 0 Å². The van der Waals surface area contributed by atoms with E-state index in [1.54, 1.807) is 0 Å². The number of aryl methyl sites for hydroxylation is 1. The Morgan fingerprint density at radius 2 is 1.74 bits per heavy atom. The Kier molecular flexibility index (Phi) is 3.19. The molecule has 3 heteroatoms. The second-order valence-electron chi connectivity index (χ2n) is 4.58. The van der Waals surface area contributed by atoms with E-state index in [0.717, 1.165) is 35.1 Å². The molecule has 0 fully saturated rings. The predicted octanol–water partition coefficient (Wildman–Crippen LogP) is 3.64. The first kappa shape index (κ1) is 11.8. The van der Waals surface area contributed by atoms with E-state index in [9.17, 15) is 0 Å². The van der Waals surface area contributed by atoms with Crippen molar-refractivity contribution < 1.29 is 0 Å². The topological polar surface area (TPSA) is 38.7 Å². The summed E-state index contributed by atoms with van der Waals surface area (Å²) in [5.74, 6) is 0.734. The molecule has 1 aromatic carbocycles. The maximum atomic E-state index is 4.44. The summed E-state index contributed by atoms with van der Waals surface area (Å²) in [5.41, 5.74) is 3.13. The van der Waals surface area contributed by atoms with Gasteiger partial charge in [0.1, 0.15) is 0 Å². The van der Waals surface area contributed by atoms with Gasteiger partial charge in [-0.1, -0.05) is 31.5 Å². The van der Waals surface area contributed by atoms with Crippen molar-refractivity contribution in [1.82, 2.24) is 15.0 Å². The van der Waals surface area contributed by atoms with Crippen molar-refractivity contribution in [2.75, 3.05) is 0 Å². The van der Waals surface area contributed by atoms with Crippen LogP contribution in [0.3, 0.4) is 0 Å². The Morgan fingerprint density at radius 1 is 0.947 bits per heavy atom. The third-order valence-corrected chi connectivity index (χ3v) is 3.09. The lowest BCUT2D eigenvalue weighted by Crippen LogP contribution is -1.93. The number of hydrogen-bond acceptors (Lipinski definition) is 3. The minimum Gasteiger partial charge on any atom is -0.255 e. The SMILES string of the molecule is CCCc1cnc(-c2cnc3ccccc3c2)nc1. The number of para-hydroxylation sites is 1. The van der Waals surface area contributed by atoms with Gasteiger partial charge in [0.25, 0.3) is 0 Å². The zero-order valence-corrected chi connectivity index (χ0v) is 10.9. The molecular weight excluding hydrogens is 234 g/mol. The Balaban J connectivity index is 1.99. The van der Waals surface area contributed by atoms with Crippen LogP contribution in [0.5, 0.6) is 0 Å². The van der Waals surface area contributed by atoms with Crippen LogP contribution in [0.15, 0.2) is 48.9 Å². The van der Waals surface area contributed by atoms with Gasteiger partial charge in [-0.25, -0.2) is 9.97 Å². The van der Waals surface area contributed by atoms with Crippen LogP contribution in [0.4, 0.5) is 0 Å². The van der Waals surface area contributed by atoms with E-state index < -0.39 is 0 Å². The molecule has 0 saturated heterocycles. The molecule has 0 bridgehead atoms. The number of aromatic nitrogens is 3. The van der Waals surface area contributed by atoms with Crippen molar-refractivity contribution in [2.45, 2.75) is 19.8 Å². The molecular formula is C16H15N3. The molecule has 3 rings (SSSR count). The van der Waals surface area contributed by atoms with Gasteiger partial charge in [-0.05, 0) is 24.1 Å². The highest BCUT2D eigenvalue weighted by atomic mass is 14.9. The maximum absolute atomic E-state index is 4.44. The average Bonchev–Trinajstić information content (AvgIpc) is 2.48. The molecule has 0 spiro atoms. The van der Waals surface area contributed by atoms with E-state index in [2.05, 4.69) is 34.0 Å². The number of pyridine rings is 1. The normalized spacial score (nSPS) is 10.8. The van der Waals surface area contributed by atoms with Gasteiger partial charge in [0.2, 0.25) is 0 Å². The summed E-state index contributed by atoms with van der Waals surface area (Å²) in [5, 5.41) is 1.11. The largest absolute Gasteiger partial charge is 0.255 e. The lowest BCUT2D eigenvalue weighted by atomic mass is 10.1. The molecule has 0 aliphatic heterocycles. The van der Waals surface area contributed by atoms with Crippen LogP contribution in [0.25, 0.3) is 22.3 Å². The molecule has 2 heterocycles. The third-order valence-electron chi connectivity index (χ3n) is 3.09. The quantitative estimate of drug-likeness (QED) is 0.711. The fourth-order valence-corrected chi connectivity index (χ4v) is 2.11. The predicted molar refractivity (Wildman–Crippen MR) is 76.8 cm³/mol. The summed E-state index contributed by atoms with van der Waals surface area (Å²) in [6.07, 6.45) is 7.77. The minimum absolute atomic E-state index is 0.734. The summed E-state index contributed by atoms with van der Waals surface area (Å²) in [6, 6.07) is 10.1. The van der Waals surface area contributed by atoms with Crippen LogP contribution in [-0.4, -0.2) is 15.0 Å². The molecule has 0 unspecified atom stereocenters. The summed E-state index contributed by atoms with van der Waals surface area (Å²) < 4.78 is 0. The highest BCUT2D eigenvalue weighted by molar-refractivity contribution is 5.82. The van der Waals surface area contributed by atoms with Crippen molar-refractivity contribution in [3.05, 3.63) is 54.5 Å². The minimum atomic E-state index is 0.734. The smallest absolute Gasteiger partial charge is 0.160 e. The van der Waals surface area contributed by atoms with E-state index in [4.69, 9.17) is 0 Å². The first-order valence-corrected chi connectivity index (χ1v) is 6.53. The van der Waals surface area contributed by atoms with Crippen LogP contribution in [-0.2, 0) is 6.42 Å². The van der Waals surface area contributed by atoms with Crippen LogP contribution >= 0.6 is 0 Å². The number of nitrogens with zero attached hydrogens (tertiary/aromatic N) is 3. The molecule has 0 aliphatic rings. The van der Waals surface area contributed by atoms with Crippen molar-refractivity contribution >= 4 is 10.9 Å². The second kappa shape index (κ2) is 5.14. The van der Waals surface area contributed by atoms with E-state index in [1.165, 1.54) is 5.56 Å². The number of hydrogen-bond donors (Lipinski definition) is 0. The summed E-state index contributed by atoms with van der Waals surface area (Å²) >= 11 is 0. The lowest BCUT2D eigenvalue weighted by molar-refractivity contribution is 0.902. The lowest BCUT2D eigenvalue weighted by Gasteiger charge is -2.03. The Hall–Kier alpha value is -2.29. The van der Waals surface area contributed by atoms with E-state index in [1.807, 2.05) is 36.8 Å². The number of benzene rings is 1. The zero-order valence-electron chi connectivity index (χ0n) is 10.9. The summed E-state index contributed by atoms with van der Waals surface area (Å²) in [7, 11) is 0. The monoisotopic (exact) mass is 249 g/mol. The van der Waals surface area contributed by atoms with Crippen LogP contribution in [0, 0.1) is 0 Å². The molecule has 0 N–H and O–H groups in total. The Labute approximate surface area is 112 Å². The second-order valence-corrected chi connectivity index (χ2v) is 4.58. The molecule has 2 aromatic heterocycles. The molecule has 3 aromatic rings. The van der Waals surface area contributed by atoms with Crippen molar-refractivity contribution in [3.63, 3.8) is 0 Å². The van der Waals surface area contributed by atoms with E-state index in [0.29, 0.717) is 0 Å². The van der Waals surface area contributed by atoms with E-state index in [-0.39, 0.29) is 0 Å². The first-order chi connectivity index (χ1) is 9.36. The molecule has 19 heavy (non-hydrogen) atoms. The fourth-order valence-electron chi connectivity index (χ4n) is 2.11. The molecule has 0 aliphatic carbocycles. The molecule has 3 nitrogen and oxygen atoms in total. The average molecular weight is 249 g/mol. The Bertz CT molecular complexity index is 690. The van der Waals surface area contributed by atoms with Crippen LogP contribution in [0.1, 0.15) is 18.9 Å². The van der Waals surface area contributed by atoms with Crippen molar-refractivity contribution in [1.29, 1.82) is 0 Å². The summed E-state index contributed by atoms with van der Waals surface area (Å²) in [6.45, 7) is 2.15. The van der Waals surface area contributed by atoms with Gasteiger partial charge in [-0.2, -0.15) is 0 Å². The molecule has 94 valence electrons. The molecule has 0 radical (unpaired) electrons. The molecule has 0 atom stereocenters. The summed E-state index contributed by atoms with van der Waals surface area (Å²) in [4.78, 5) is 13.3. The van der Waals surface area contributed by atoms with Gasteiger partial charge in [-0.3, -0.25) is 4.98 Å². The Morgan fingerprint density at radius 3 is 2.53 bits per heavy atom. The number of fused-ring (bicyclic) bond motifs is 1. The molecule has 0 amide bonds. The first-order valence-electron chi connectivity index (χ1n) is 6.53. The highest BCUT2D eigenvalue weighted by Crippen LogP contribution is 2.19. The van der Waals surface area contributed by atoms with Crippen LogP contribution in [0.2, 0.25) is 0 Å². The third kappa shape index (κ3) is 2.45. The van der Waals surface area contributed by atoms with Gasteiger partial charge in [0.05, 0.1) is 5.52 Å². The maximum Gasteiger partial charge on any atom is 0.160 e. The molecule has 0 saturated carbocycles. The number of rotatable bonds is 3. The van der Waals surface area contributed by atoms with Gasteiger partial charge in [0, 0.05) is 29.5 Å². The van der Waals surface area contributed by atoms with Crippen molar-refractivity contribution in [3.8, 4) is 11.4 Å². The van der Waals surface area contributed by atoms with Crippen LogP contribution < -0.4 is 0 Å². The van der Waals surface area contributed by atoms with Gasteiger partial charge >= 0.3 is 0 Å². The highest BCUT2D eigenvalue weighted by Gasteiger charge is 2.03. The van der Waals surface area contributed by atoms with E-state index >= 15 is 0 Å². The van der Waals surface area contributed by atoms with Gasteiger partial charge in [-0.15, -0.1) is 0 Å². The van der Waals surface area contributed by atoms with Crippen molar-refractivity contribution in [2.24, 2.45) is 0 Å².